The van der Waals surface area contributed by atoms with E-state index in [9.17, 15) is 14.4 Å². The van der Waals surface area contributed by atoms with Crippen molar-refractivity contribution in [1.82, 2.24) is 5.01 Å². The molecule has 156 valence electrons. The van der Waals surface area contributed by atoms with Gasteiger partial charge in [-0.2, -0.15) is 10.1 Å². The maximum atomic E-state index is 12.8. The van der Waals surface area contributed by atoms with Crippen LogP contribution in [0.5, 0.6) is 5.75 Å². The van der Waals surface area contributed by atoms with Gasteiger partial charge in [-0.15, -0.1) is 0 Å². The summed E-state index contributed by atoms with van der Waals surface area (Å²) in [6.45, 7) is 1.93. The summed E-state index contributed by atoms with van der Waals surface area (Å²) < 4.78 is 5.53. The van der Waals surface area contributed by atoms with Crippen LogP contribution < -0.4 is 4.74 Å². The molecular weight excluding hydrogens is 416 g/mol. The molecule has 2 amide bonds. The number of esters is 1. The highest BCUT2D eigenvalue weighted by Crippen LogP contribution is 2.52. The molecule has 7 heteroatoms. The number of rotatable bonds is 4. The molecule has 1 saturated heterocycles. The van der Waals surface area contributed by atoms with Crippen molar-refractivity contribution >= 4 is 35.6 Å². The van der Waals surface area contributed by atoms with Gasteiger partial charge in [-0.05, 0) is 55.5 Å². The highest BCUT2D eigenvalue weighted by atomic mass is 35.5. The van der Waals surface area contributed by atoms with E-state index in [4.69, 9.17) is 16.3 Å². The number of halogens is 1. The van der Waals surface area contributed by atoms with Gasteiger partial charge in [-0.3, -0.25) is 9.59 Å². The SMILES string of the molecule is Cc1ccc(C(=O)Oc2ccc(Cl)cc2C=NN2C(=O)C3C4C=CC(C4)C3C2=O)cc1. The summed E-state index contributed by atoms with van der Waals surface area (Å²) in [5, 5.41) is 5.52. The number of ether oxygens (including phenoxy) is 1. The van der Waals surface area contributed by atoms with E-state index < -0.39 is 5.97 Å². The Morgan fingerprint density at radius 1 is 1.06 bits per heavy atom. The third-order valence-corrected chi connectivity index (χ3v) is 6.46. The van der Waals surface area contributed by atoms with Crippen LogP contribution in [-0.2, 0) is 9.59 Å². The number of amides is 2. The van der Waals surface area contributed by atoms with Crippen LogP contribution in [0.2, 0.25) is 5.02 Å². The molecule has 2 aromatic carbocycles. The average Bonchev–Trinajstić information content (AvgIpc) is 3.43. The van der Waals surface area contributed by atoms with Crippen molar-refractivity contribution in [3.8, 4) is 5.75 Å². The minimum Gasteiger partial charge on any atom is -0.422 e. The quantitative estimate of drug-likeness (QED) is 0.239. The van der Waals surface area contributed by atoms with Crippen LogP contribution in [-0.4, -0.2) is 29.0 Å². The van der Waals surface area contributed by atoms with Gasteiger partial charge >= 0.3 is 5.97 Å². The van der Waals surface area contributed by atoms with Gasteiger partial charge in [-0.25, -0.2) is 4.79 Å². The van der Waals surface area contributed by atoms with Crippen molar-refractivity contribution in [3.63, 3.8) is 0 Å². The Kier molecular flexibility index (Phi) is 4.74. The van der Waals surface area contributed by atoms with Crippen LogP contribution in [0, 0.1) is 30.6 Å². The highest BCUT2D eigenvalue weighted by molar-refractivity contribution is 6.31. The fourth-order valence-electron chi connectivity index (χ4n) is 4.68. The number of benzene rings is 2. The Balaban J connectivity index is 1.38. The van der Waals surface area contributed by atoms with E-state index in [1.165, 1.54) is 6.21 Å². The molecule has 0 radical (unpaired) electrons. The monoisotopic (exact) mass is 434 g/mol. The van der Waals surface area contributed by atoms with Gasteiger partial charge in [0, 0.05) is 10.6 Å². The Hall–Kier alpha value is -3.25. The van der Waals surface area contributed by atoms with Crippen molar-refractivity contribution in [2.75, 3.05) is 0 Å². The zero-order valence-electron chi connectivity index (χ0n) is 16.7. The Bertz CT molecular complexity index is 1120. The lowest BCUT2D eigenvalue weighted by atomic mass is 9.85. The smallest absolute Gasteiger partial charge is 0.343 e. The molecule has 6 nitrogen and oxygen atoms in total. The van der Waals surface area contributed by atoms with Crippen LogP contribution in [0.1, 0.15) is 27.9 Å². The largest absolute Gasteiger partial charge is 0.422 e. The number of allylic oxidation sites excluding steroid dienone is 2. The predicted octanol–water partition coefficient (Wildman–Crippen LogP) is 4.01. The number of nitrogens with zero attached hydrogens (tertiary/aromatic N) is 2. The first-order valence-electron chi connectivity index (χ1n) is 10.1. The van der Waals surface area contributed by atoms with Crippen molar-refractivity contribution in [3.05, 3.63) is 76.3 Å². The van der Waals surface area contributed by atoms with Gasteiger partial charge in [0.05, 0.1) is 23.6 Å². The molecule has 0 N–H and O–H groups in total. The fourth-order valence-corrected chi connectivity index (χ4v) is 4.86. The molecule has 1 aliphatic heterocycles. The minimum absolute atomic E-state index is 0.115. The zero-order chi connectivity index (χ0) is 21.7. The van der Waals surface area contributed by atoms with Gasteiger partial charge in [0.25, 0.3) is 11.8 Å². The first-order chi connectivity index (χ1) is 14.9. The molecule has 4 unspecified atom stereocenters. The first-order valence-corrected chi connectivity index (χ1v) is 10.5. The van der Waals surface area contributed by atoms with Gasteiger partial charge in [-0.1, -0.05) is 41.4 Å². The molecular formula is C24H19ClN2O4. The lowest BCUT2D eigenvalue weighted by Gasteiger charge is -2.13. The first kappa shape index (κ1) is 19.7. The molecule has 2 aromatic rings. The van der Waals surface area contributed by atoms with E-state index in [0.717, 1.165) is 17.0 Å². The van der Waals surface area contributed by atoms with Crippen LogP contribution in [0.3, 0.4) is 0 Å². The molecule has 2 fully saturated rings. The van der Waals surface area contributed by atoms with Gasteiger partial charge in [0.1, 0.15) is 5.75 Å². The van der Waals surface area contributed by atoms with E-state index in [2.05, 4.69) is 5.10 Å². The molecule has 0 aromatic heterocycles. The van der Waals surface area contributed by atoms with Crippen LogP contribution in [0.25, 0.3) is 0 Å². The normalized spacial score (nSPS) is 26.2. The molecule has 0 spiro atoms. The summed E-state index contributed by atoms with van der Waals surface area (Å²) in [5.41, 5.74) is 1.83. The second-order valence-electron chi connectivity index (χ2n) is 8.17. The van der Waals surface area contributed by atoms with Gasteiger partial charge in [0.15, 0.2) is 0 Å². The predicted molar refractivity (Wildman–Crippen MR) is 115 cm³/mol. The summed E-state index contributed by atoms with van der Waals surface area (Å²) in [7, 11) is 0. The Labute approximate surface area is 184 Å². The number of carbonyl (C=O) groups is 3. The summed E-state index contributed by atoms with van der Waals surface area (Å²) in [5.74, 6) is -1.25. The molecule has 2 bridgehead atoms. The molecule has 2 aliphatic carbocycles. The van der Waals surface area contributed by atoms with E-state index >= 15 is 0 Å². The van der Waals surface area contributed by atoms with Crippen molar-refractivity contribution in [2.24, 2.45) is 28.8 Å². The van der Waals surface area contributed by atoms with Crippen LogP contribution in [0.4, 0.5) is 0 Å². The summed E-state index contributed by atoms with van der Waals surface area (Å²) in [4.78, 5) is 38.1. The Morgan fingerprint density at radius 2 is 1.71 bits per heavy atom. The summed E-state index contributed by atoms with van der Waals surface area (Å²) >= 11 is 6.11. The van der Waals surface area contributed by atoms with Gasteiger partial charge < -0.3 is 4.74 Å². The second kappa shape index (κ2) is 7.46. The van der Waals surface area contributed by atoms with Crippen molar-refractivity contribution < 1.29 is 19.1 Å². The summed E-state index contributed by atoms with van der Waals surface area (Å²) in [6.07, 6.45) is 6.27. The van der Waals surface area contributed by atoms with Crippen LogP contribution >= 0.6 is 11.6 Å². The maximum absolute atomic E-state index is 12.8. The third kappa shape index (κ3) is 3.37. The third-order valence-electron chi connectivity index (χ3n) is 6.22. The number of imide groups is 1. The Morgan fingerprint density at radius 3 is 2.35 bits per heavy atom. The second-order valence-corrected chi connectivity index (χ2v) is 8.61. The number of hydrogen-bond donors (Lipinski definition) is 0. The van der Waals surface area contributed by atoms with Gasteiger partial charge in [0.2, 0.25) is 0 Å². The molecule has 1 saturated carbocycles. The molecule has 3 aliphatic rings. The number of fused-ring (bicyclic) bond motifs is 5. The van der Waals surface area contributed by atoms with Crippen molar-refractivity contribution in [2.45, 2.75) is 13.3 Å². The lowest BCUT2D eigenvalue weighted by Crippen LogP contribution is -2.28. The average molecular weight is 435 g/mol. The molecule has 31 heavy (non-hydrogen) atoms. The van der Waals surface area contributed by atoms with E-state index in [-0.39, 0.29) is 41.2 Å². The lowest BCUT2D eigenvalue weighted by molar-refractivity contribution is -0.140. The van der Waals surface area contributed by atoms with E-state index in [1.807, 2.05) is 31.2 Å². The van der Waals surface area contributed by atoms with Crippen LogP contribution in [0.15, 0.2) is 59.7 Å². The van der Waals surface area contributed by atoms with Crippen molar-refractivity contribution in [1.29, 1.82) is 0 Å². The van der Waals surface area contributed by atoms with E-state index in [1.54, 1.807) is 30.3 Å². The number of hydrogen-bond acceptors (Lipinski definition) is 5. The molecule has 1 heterocycles. The number of aryl methyl sites for hydroxylation is 1. The fraction of sp³-hybridized carbons (Fsp3) is 0.250. The highest BCUT2D eigenvalue weighted by Gasteiger charge is 2.59. The number of hydrazone groups is 1. The number of carbonyl (C=O) groups excluding carboxylic acids is 3. The van der Waals surface area contributed by atoms with E-state index in [0.29, 0.717) is 16.1 Å². The molecule has 5 rings (SSSR count). The standard InChI is InChI=1S/C24H19ClN2O4/c1-13-2-4-14(5-3-13)24(30)31-19-9-8-18(25)11-17(19)12-26-27-22(28)20-15-6-7-16(10-15)21(20)23(27)29/h2-9,11-12,15-16,20-21H,10H2,1H3. The minimum atomic E-state index is -0.525. The zero-order valence-corrected chi connectivity index (χ0v) is 17.5. The topological polar surface area (TPSA) is 76.0 Å². The molecule has 4 atom stereocenters. The summed E-state index contributed by atoms with van der Waals surface area (Å²) in [6, 6.07) is 11.7. The maximum Gasteiger partial charge on any atom is 0.343 e.